The molecule has 0 atom stereocenters. The molecule has 1 aromatic carbocycles. The van der Waals surface area contributed by atoms with Crippen molar-refractivity contribution >= 4 is 18.6 Å². The molecule has 1 rings (SSSR count). The van der Waals surface area contributed by atoms with Crippen LogP contribution in [-0.2, 0) is 4.74 Å². The summed E-state index contributed by atoms with van der Waals surface area (Å²) in [5.41, 5.74) is -0.194. The first-order valence-corrected chi connectivity index (χ1v) is 5.33. The number of thiol groups is 1. The van der Waals surface area contributed by atoms with Gasteiger partial charge in [0.05, 0.1) is 17.7 Å². The Labute approximate surface area is 108 Å². The van der Waals surface area contributed by atoms with Crippen molar-refractivity contribution in [1.29, 1.82) is 5.26 Å². The van der Waals surface area contributed by atoms with Gasteiger partial charge in [-0.2, -0.15) is 14.0 Å². The Morgan fingerprint density at radius 1 is 1.56 bits per heavy atom. The van der Waals surface area contributed by atoms with Gasteiger partial charge in [-0.05, 0) is 19.1 Å². The first-order chi connectivity index (χ1) is 8.49. The molecule has 96 valence electrons. The van der Waals surface area contributed by atoms with Gasteiger partial charge in [0.25, 0.3) is 0 Å². The number of halogens is 2. The van der Waals surface area contributed by atoms with Crippen molar-refractivity contribution < 1.29 is 23.0 Å². The Kier molecular flexibility index (Phi) is 4.92. The van der Waals surface area contributed by atoms with E-state index in [0.717, 1.165) is 12.1 Å². The number of nitrogens with zero attached hydrogens (tertiary/aromatic N) is 1. The fourth-order valence-corrected chi connectivity index (χ4v) is 1.62. The second-order valence-corrected chi connectivity index (χ2v) is 3.56. The molecule has 0 spiro atoms. The highest BCUT2D eigenvalue weighted by Crippen LogP contribution is 2.27. The molecule has 18 heavy (non-hydrogen) atoms. The van der Waals surface area contributed by atoms with Gasteiger partial charge in [0.1, 0.15) is 11.8 Å². The van der Waals surface area contributed by atoms with Gasteiger partial charge in [0.15, 0.2) is 0 Å². The van der Waals surface area contributed by atoms with Crippen LogP contribution in [0, 0.1) is 11.3 Å². The van der Waals surface area contributed by atoms with Gasteiger partial charge in [-0.15, -0.1) is 12.6 Å². The lowest BCUT2D eigenvalue weighted by molar-refractivity contribution is -0.0499. The van der Waals surface area contributed by atoms with Crippen molar-refractivity contribution in [1.82, 2.24) is 0 Å². The highest BCUT2D eigenvalue weighted by molar-refractivity contribution is 7.80. The Morgan fingerprint density at radius 2 is 2.22 bits per heavy atom. The topological polar surface area (TPSA) is 59.3 Å². The summed E-state index contributed by atoms with van der Waals surface area (Å²) in [6.07, 6.45) is 0. The van der Waals surface area contributed by atoms with Crippen LogP contribution >= 0.6 is 12.6 Å². The van der Waals surface area contributed by atoms with Gasteiger partial charge in [-0.25, -0.2) is 4.79 Å². The summed E-state index contributed by atoms with van der Waals surface area (Å²) in [6.45, 7) is -1.28. The number of carbonyl (C=O) groups is 1. The first kappa shape index (κ1) is 14.3. The minimum atomic E-state index is -3.02. The van der Waals surface area contributed by atoms with E-state index in [1.54, 1.807) is 13.0 Å². The zero-order chi connectivity index (χ0) is 13.7. The summed E-state index contributed by atoms with van der Waals surface area (Å²) in [5, 5.41) is 8.88. The van der Waals surface area contributed by atoms with Crippen LogP contribution in [-0.4, -0.2) is 19.2 Å². The molecule has 4 nitrogen and oxygen atoms in total. The van der Waals surface area contributed by atoms with Crippen molar-refractivity contribution in [3.05, 3.63) is 23.3 Å². The van der Waals surface area contributed by atoms with E-state index in [1.165, 1.54) is 0 Å². The lowest BCUT2D eigenvalue weighted by atomic mass is 10.1. The van der Waals surface area contributed by atoms with Crippen molar-refractivity contribution in [3.63, 3.8) is 0 Å². The highest BCUT2D eigenvalue weighted by Gasteiger charge is 2.19. The van der Waals surface area contributed by atoms with Crippen LogP contribution in [0.3, 0.4) is 0 Å². The van der Waals surface area contributed by atoms with Gasteiger partial charge in [-0.1, -0.05) is 0 Å². The predicted octanol–water partition coefficient (Wildman–Crippen LogP) is 2.63. The number of hydrogen-bond donors (Lipinski definition) is 1. The molecule has 0 aliphatic carbocycles. The number of ether oxygens (including phenoxy) is 2. The van der Waals surface area contributed by atoms with Crippen molar-refractivity contribution in [2.45, 2.75) is 18.4 Å². The molecule has 0 radical (unpaired) electrons. The second-order valence-electron chi connectivity index (χ2n) is 3.08. The lowest BCUT2D eigenvalue weighted by Gasteiger charge is -2.10. The molecule has 0 saturated carbocycles. The van der Waals surface area contributed by atoms with E-state index in [-0.39, 0.29) is 28.4 Å². The molecule has 0 aliphatic rings. The summed E-state index contributed by atoms with van der Waals surface area (Å²) in [7, 11) is 0. The van der Waals surface area contributed by atoms with Crippen LogP contribution in [0.15, 0.2) is 17.0 Å². The predicted molar refractivity (Wildman–Crippen MR) is 61.0 cm³/mol. The SMILES string of the molecule is CCOC(=O)c1c(S)cc(OC(F)F)cc1C#N. The van der Waals surface area contributed by atoms with E-state index >= 15 is 0 Å². The number of hydrogen-bond acceptors (Lipinski definition) is 5. The Morgan fingerprint density at radius 3 is 2.72 bits per heavy atom. The number of benzene rings is 1. The van der Waals surface area contributed by atoms with Gasteiger partial charge in [0, 0.05) is 4.90 Å². The molecular weight excluding hydrogens is 264 g/mol. The highest BCUT2D eigenvalue weighted by atomic mass is 32.1. The summed E-state index contributed by atoms with van der Waals surface area (Å²) in [6, 6.07) is 3.88. The third-order valence-electron chi connectivity index (χ3n) is 1.92. The molecule has 0 N–H and O–H groups in total. The number of alkyl halides is 2. The molecule has 0 amide bonds. The van der Waals surface area contributed by atoms with Gasteiger partial charge in [-0.3, -0.25) is 0 Å². The van der Waals surface area contributed by atoms with E-state index in [2.05, 4.69) is 17.4 Å². The first-order valence-electron chi connectivity index (χ1n) is 4.88. The van der Waals surface area contributed by atoms with E-state index in [0.29, 0.717) is 0 Å². The van der Waals surface area contributed by atoms with E-state index < -0.39 is 12.6 Å². The van der Waals surface area contributed by atoms with Gasteiger partial charge < -0.3 is 9.47 Å². The third kappa shape index (κ3) is 3.34. The number of esters is 1. The van der Waals surface area contributed by atoms with Gasteiger partial charge in [0.2, 0.25) is 0 Å². The summed E-state index contributed by atoms with van der Waals surface area (Å²) < 4.78 is 33.0. The molecule has 0 aromatic heterocycles. The minimum Gasteiger partial charge on any atom is -0.462 e. The van der Waals surface area contributed by atoms with Crippen LogP contribution in [0.1, 0.15) is 22.8 Å². The van der Waals surface area contributed by atoms with Crippen molar-refractivity contribution in [3.8, 4) is 11.8 Å². The quantitative estimate of drug-likeness (QED) is 0.676. The number of nitriles is 1. The third-order valence-corrected chi connectivity index (χ3v) is 2.27. The zero-order valence-corrected chi connectivity index (χ0v) is 10.2. The van der Waals surface area contributed by atoms with Crippen molar-refractivity contribution in [2.75, 3.05) is 6.61 Å². The number of rotatable bonds is 4. The average Bonchev–Trinajstić information content (AvgIpc) is 2.27. The molecule has 0 unspecified atom stereocenters. The summed E-state index contributed by atoms with van der Waals surface area (Å²) in [5.74, 6) is -0.970. The molecule has 7 heteroatoms. The number of carbonyl (C=O) groups excluding carboxylic acids is 1. The summed E-state index contributed by atoms with van der Waals surface area (Å²) >= 11 is 3.97. The van der Waals surface area contributed by atoms with Crippen LogP contribution in [0.2, 0.25) is 0 Å². The molecule has 0 saturated heterocycles. The molecule has 0 aliphatic heterocycles. The summed E-state index contributed by atoms with van der Waals surface area (Å²) in [4.78, 5) is 11.6. The minimum absolute atomic E-state index is 0.0446. The van der Waals surface area contributed by atoms with Crippen molar-refractivity contribution in [2.24, 2.45) is 0 Å². The fraction of sp³-hybridized carbons (Fsp3) is 0.273. The van der Waals surface area contributed by atoms with E-state index in [4.69, 9.17) is 10.00 Å². The maximum absolute atomic E-state index is 12.0. The monoisotopic (exact) mass is 273 g/mol. The van der Waals surface area contributed by atoms with E-state index in [1.807, 2.05) is 0 Å². The Balaban J connectivity index is 3.21. The maximum Gasteiger partial charge on any atom is 0.387 e. The van der Waals surface area contributed by atoms with Crippen LogP contribution < -0.4 is 4.74 Å². The standard InChI is InChI=1S/C11H9F2NO3S/c1-2-16-10(15)9-6(5-14)3-7(4-8(9)18)17-11(12)13/h3-4,11,18H,2H2,1H3. The molecule has 0 heterocycles. The average molecular weight is 273 g/mol. The smallest absolute Gasteiger partial charge is 0.387 e. The van der Waals surface area contributed by atoms with Crippen LogP contribution in [0.25, 0.3) is 0 Å². The Hall–Kier alpha value is -1.81. The normalized spacial score (nSPS) is 10.0. The fourth-order valence-electron chi connectivity index (χ4n) is 1.28. The van der Waals surface area contributed by atoms with Crippen LogP contribution in [0.5, 0.6) is 5.75 Å². The van der Waals surface area contributed by atoms with E-state index in [9.17, 15) is 13.6 Å². The zero-order valence-electron chi connectivity index (χ0n) is 9.31. The molecule has 1 aromatic rings. The molecule has 0 bridgehead atoms. The Bertz CT molecular complexity index is 500. The molecule has 0 fully saturated rings. The van der Waals surface area contributed by atoms with Crippen LogP contribution in [0.4, 0.5) is 8.78 Å². The second kappa shape index (κ2) is 6.21. The van der Waals surface area contributed by atoms with Gasteiger partial charge >= 0.3 is 12.6 Å². The largest absolute Gasteiger partial charge is 0.462 e. The lowest BCUT2D eigenvalue weighted by Crippen LogP contribution is -2.09. The maximum atomic E-state index is 12.0. The molecular formula is C11H9F2NO3S.